The Morgan fingerprint density at radius 1 is 1.32 bits per heavy atom. The summed E-state index contributed by atoms with van der Waals surface area (Å²) in [6.07, 6.45) is -1.31. The number of hydrogen-bond donors (Lipinski definition) is 3. The number of rotatable bonds is 4. The first-order chi connectivity index (χ1) is 8.97. The van der Waals surface area contributed by atoms with Crippen molar-refractivity contribution >= 4 is 45.6 Å². The molecule has 0 aliphatic heterocycles. The first kappa shape index (κ1) is 13.7. The molecule has 0 saturated heterocycles. The standard InChI is InChI=1S/C12H10INO5/c13-6-1-2-7-8(3-4-10(15)16)11(19-12(17)18)14-9(7)5-6/h1-2,5,14H,3-4H2,(H,15,16)(H,17,18). The summed E-state index contributed by atoms with van der Waals surface area (Å²) in [4.78, 5) is 24.2. The minimum absolute atomic E-state index is 0.0884. The highest BCUT2D eigenvalue weighted by Gasteiger charge is 2.16. The van der Waals surface area contributed by atoms with Gasteiger partial charge in [-0.25, -0.2) is 4.79 Å². The third-order valence-electron chi connectivity index (χ3n) is 2.61. The van der Waals surface area contributed by atoms with Gasteiger partial charge in [0.2, 0.25) is 5.88 Å². The van der Waals surface area contributed by atoms with Gasteiger partial charge in [-0.15, -0.1) is 0 Å². The van der Waals surface area contributed by atoms with Crippen molar-refractivity contribution in [3.05, 3.63) is 27.3 Å². The number of aromatic amines is 1. The zero-order valence-corrected chi connectivity index (χ0v) is 11.8. The zero-order chi connectivity index (χ0) is 14.0. The maximum absolute atomic E-state index is 10.6. The average molecular weight is 375 g/mol. The number of halogens is 1. The van der Waals surface area contributed by atoms with Crippen LogP contribution < -0.4 is 4.74 Å². The number of aromatic nitrogens is 1. The van der Waals surface area contributed by atoms with E-state index in [1.807, 2.05) is 18.2 Å². The van der Waals surface area contributed by atoms with Crippen LogP contribution in [0.5, 0.6) is 5.88 Å². The van der Waals surface area contributed by atoms with Gasteiger partial charge in [0.1, 0.15) is 0 Å². The number of carboxylic acids is 1. The molecule has 0 fully saturated rings. The second kappa shape index (κ2) is 5.47. The van der Waals surface area contributed by atoms with Crippen LogP contribution in [0.25, 0.3) is 10.9 Å². The molecule has 2 rings (SSSR count). The maximum atomic E-state index is 10.6. The highest BCUT2D eigenvalue weighted by atomic mass is 127. The summed E-state index contributed by atoms with van der Waals surface area (Å²) >= 11 is 2.14. The number of aliphatic carboxylic acids is 1. The molecule has 0 saturated carbocycles. The minimum atomic E-state index is -1.43. The van der Waals surface area contributed by atoms with Crippen LogP contribution in [0.15, 0.2) is 18.2 Å². The SMILES string of the molecule is O=C(O)CCc1c(OC(=O)O)[nH]c2cc(I)ccc12. The number of carboxylic acid groups (broad SMARTS) is 2. The molecule has 1 heterocycles. The van der Waals surface area contributed by atoms with Gasteiger partial charge in [-0.05, 0) is 41.1 Å². The second-order valence-corrected chi connectivity index (χ2v) is 5.13. The molecule has 19 heavy (non-hydrogen) atoms. The number of hydrogen-bond acceptors (Lipinski definition) is 3. The van der Waals surface area contributed by atoms with Crippen molar-refractivity contribution in [2.24, 2.45) is 0 Å². The van der Waals surface area contributed by atoms with E-state index in [1.165, 1.54) is 0 Å². The molecule has 0 unspecified atom stereocenters. The molecular weight excluding hydrogens is 365 g/mol. The Hall–Kier alpha value is -1.77. The maximum Gasteiger partial charge on any atom is 0.512 e. The van der Waals surface area contributed by atoms with Gasteiger partial charge in [-0.3, -0.25) is 4.79 Å². The van der Waals surface area contributed by atoms with Gasteiger partial charge >= 0.3 is 12.1 Å². The largest absolute Gasteiger partial charge is 0.512 e. The van der Waals surface area contributed by atoms with Crippen LogP contribution >= 0.6 is 22.6 Å². The third-order valence-corrected chi connectivity index (χ3v) is 3.28. The van der Waals surface area contributed by atoms with Gasteiger partial charge < -0.3 is 19.9 Å². The molecule has 0 aliphatic carbocycles. The lowest BCUT2D eigenvalue weighted by atomic mass is 10.1. The second-order valence-electron chi connectivity index (χ2n) is 3.88. The molecule has 0 amide bonds. The van der Waals surface area contributed by atoms with E-state index in [1.54, 1.807) is 0 Å². The number of carbonyl (C=O) groups is 2. The minimum Gasteiger partial charge on any atom is -0.481 e. The first-order valence-electron chi connectivity index (χ1n) is 5.40. The lowest BCUT2D eigenvalue weighted by molar-refractivity contribution is -0.136. The highest BCUT2D eigenvalue weighted by molar-refractivity contribution is 14.1. The molecule has 0 radical (unpaired) electrons. The Bertz CT molecular complexity index is 649. The van der Waals surface area contributed by atoms with Gasteiger partial charge in [0.15, 0.2) is 0 Å². The van der Waals surface area contributed by atoms with Crippen LogP contribution in [0.2, 0.25) is 0 Å². The van der Waals surface area contributed by atoms with Crippen molar-refractivity contribution < 1.29 is 24.5 Å². The van der Waals surface area contributed by atoms with Crippen molar-refractivity contribution in [2.75, 3.05) is 0 Å². The molecule has 100 valence electrons. The topological polar surface area (TPSA) is 99.6 Å². The molecule has 0 spiro atoms. The summed E-state index contributed by atoms with van der Waals surface area (Å²) in [7, 11) is 0. The molecule has 0 bridgehead atoms. The Morgan fingerprint density at radius 2 is 2.05 bits per heavy atom. The number of benzene rings is 1. The zero-order valence-electron chi connectivity index (χ0n) is 9.64. The monoisotopic (exact) mass is 375 g/mol. The Morgan fingerprint density at radius 3 is 2.68 bits per heavy atom. The molecule has 0 atom stereocenters. The predicted molar refractivity (Wildman–Crippen MR) is 75.6 cm³/mol. The van der Waals surface area contributed by atoms with E-state index in [4.69, 9.17) is 10.2 Å². The lowest BCUT2D eigenvalue weighted by Gasteiger charge is -2.01. The van der Waals surface area contributed by atoms with Crippen LogP contribution in [-0.2, 0) is 11.2 Å². The summed E-state index contributed by atoms with van der Waals surface area (Å²) in [5.74, 6) is -0.855. The summed E-state index contributed by atoms with van der Waals surface area (Å²) in [5.41, 5.74) is 1.29. The fourth-order valence-corrected chi connectivity index (χ4v) is 2.35. The van der Waals surface area contributed by atoms with Gasteiger partial charge in [-0.1, -0.05) is 6.07 Å². The van der Waals surface area contributed by atoms with E-state index in [2.05, 4.69) is 32.3 Å². The Kier molecular flexibility index (Phi) is 3.93. The van der Waals surface area contributed by atoms with Gasteiger partial charge in [0.05, 0.1) is 0 Å². The van der Waals surface area contributed by atoms with Gasteiger partial charge in [0.25, 0.3) is 0 Å². The Labute approximate surface area is 121 Å². The molecule has 0 aliphatic rings. The fraction of sp³-hybridized carbons (Fsp3) is 0.167. The molecule has 1 aromatic heterocycles. The van der Waals surface area contributed by atoms with E-state index >= 15 is 0 Å². The van der Waals surface area contributed by atoms with E-state index in [9.17, 15) is 9.59 Å². The van der Waals surface area contributed by atoms with Crippen LogP contribution in [0.3, 0.4) is 0 Å². The first-order valence-corrected chi connectivity index (χ1v) is 6.48. The van der Waals surface area contributed by atoms with Crippen molar-refractivity contribution in [1.82, 2.24) is 4.98 Å². The van der Waals surface area contributed by atoms with Crippen molar-refractivity contribution in [3.8, 4) is 5.88 Å². The molecule has 1 aromatic carbocycles. The number of H-pyrrole nitrogens is 1. The highest BCUT2D eigenvalue weighted by Crippen LogP contribution is 2.30. The predicted octanol–water partition coefficient (Wildman–Crippen LogP) is 2.85. The average Bonchev–Trinajstić information content (AvgIpc) is 2.61. The summed E-state index contributed by atoms with van der Waals surface area (Å²) in [5, 5.41) is 18.2. The molecular formula is C12H10INO5. The van der Waals surface area contributed by atoms with E-state index < -0.39 is 12.1 Å². The number of nitrogens with one attached hydrogen (secondary N) is 1. The molecule has 3 N–H and O–H groups in total. The van der Waals surface area contributed by atoms with Crippen molar-refractivity contribution in [2.45, 2.75) is 12.8 Å². The van der Waals surface area contributed by atoms with Crippen molar-refractivity contribution in [3.63, 3.8) is 0 Å². The number of aryl methyl sites for hydroxylation is 1. The molecule has 2 aromatic rings. The van der Waals surface area contributed by atoms with Crippen LogP contribution in [0.1, 0.15) is 12.0 Å². The Balaban J connectivity index is 2.47. The van der Waals surface area contributed by atoms with Gasteiger partial charge in [0, 0.05) is 26.5 Å². The van der Waals surface area contributed by atoms with Gasteiger partial charge in [-0.2, -0.15) is 0 Å². The lowest BCUT2D eigenvalue weighted by Crippen LogP contribution is -2.06. The summed E-state index contributed by atoms with van der Waals surface area (Å²) < 4.78 is 5.65. The van der Waals surface area contributed by atoms with E-state index in [0.29, 0.717) is 5.56 Å². The smallest absolute Gasteiger partial charge is 0.481 e. The normalized spacial score (nSPS) is 10.6. The quantitative estimate of drug-likeness (QED) is 0.564. The van der Waals surface area contributed by atoms with Crippen LogP contribution in [0.4, 0.5) is 4.79 Å². The number of ether oxygens (including phenoxy) is 1. The summed E-state index contributed by atoms with van der Waals surface area (Å²) in [6.45, 7) is 0. The molecule has 6 nitrogen and oxygen atoms in total. The van der Waals surface area contributed by atoms with Crippen LogP contribution in [0, 0.1) is 3.57 Å². The number of fused-ring (bicyclic) bond motifs is 1. The van der Waals surface area contributed by atoms with Crippen LogP contribution in [-0.4, -0.2) is 27.3 Å². The molecule has 7 heteroatoms. The third kappa shape index (κ3) is 3.16. The van der Waals surface area contributed by atoms with Crippen molar-refractivity contribution in [1.29, 1.82) is 0 Å². The van der Waals surface area contributed by atoms with E-state index in [0.717, 1.165) is 14.5 Å². The van der Waals surface area contributed by atoms with E-state index in [-0.39, 0.29) is 18.7 Å². The summed E-state index contributed by atoms with van der Waals surface area (Å²) in [6, 6.07) is 5.53. The fourth-order valence-electron chi connectivity index (χ4n) is 1.86.